The van der Waals surface area contributed by atoms with Crippen molar-refractivity contribution >= 4 is 6.09 Å². The first-order valence-corrected chi connectivity index (χ1v) is 9.58. The van der Waals surface area contributed by atoms with Gasteiger partial charge in [-0.2, -0.15) is 0 Å². The number of ether oxygens (including phenoxy) is 1. The normalized spacial score (nSPS) is 22.3. The van der Waals surface area contributed by atoms with Crippen LogP contribution >= 0.6 is 0 Å². The van der Waals surface area contributed by atoms with Crippen molar-refractivity contribution in [3.05, 3.63) is 35.9 Å². The zero-order valence-electron chi connectivity index (χ0n) is 16.8. The third-order valence-electron chi connectivity index (χ3n) is 4.45. The Morgan fingerprint density at radius 2 is 1.85 bits per heavy atom. The van der Waals surface area contributed by atoms with E-state index in [1.165, 1.54) is 5.56 Å². The number of aliphatic hydroxyl groups is 1. The molecule has 1 aromatic carbocycles. The van der Waals surface area contributed by atoms with Crippen LogP contribution in [0, 0.1) is 5.92 Å². The number of nitrogens with zero attached hydrogens (tertiary/aromatic N) is 2. The Morgan fingerprint density at radius 1 is 1.19 bits per heavy atom. The first kappa shape index (κ1) is 20.7. The zero-order chi connectivity index (χ0) is 19.3. The standard InChI is InChI=1S/C21H34N2O3/c1-16(2)11-18-13-23(20(25)26-21(3,4)5)15-19(24)14-22(18)12-17-9-7-6-8-10-17/h6-10,16,18-19,24H,11-15H2,1-5H3/t18-,19?/m0/s1. The number of hydrogen-bond acceptors (Lipinski definition) is 4. The summed E-state index contributed by atoms with van der Waals surface area (Å²) in [5, 5.41) is 10.5. The molecule has 1 fully saturated rings. The summed E-state index contributed by atoms with van der Waals surface area (Å²) in [6, 6.07) is 10.5. The lowest BCUT2D eigenvalue weighted by atomic mass is 10.0. The van der Waals surface area contributed by atoms with Gasteiger partial charge >= 0.3 is 6.09 Å². The van der Waals surface area contributed by atoms with Gasteiger partial charge in [-0.05, 0) is 38.7 Å². The maximum atomic E-state index is 12.6. The van der Waals surface area contributed by atoms with Crippen LogP contribution in [-0.4, -0.2) is 58.4 Å². The minimum Gasteiger partial charge on any atom is -0.444 e. The lowest BCUT2D eigenvalue weighted by Crippen LogP contribution is -2.44. The van der Waals surface area contributed by atoms with Gasteiger partial charge in [0.1, 0.15) is 5.60 Å². The molecule has 1 aliphatic rings. The van der Waals surface area contributed by atoms with E-state index in [-0.39, 0.29) is 12.1 Å². The molecule has 0 aliphatic carbocycles. The fourth-order valence-electron chi connectivity index (χ4n) is 3.43. The number of β-amino-alcohol motifs (C(OH)–C–C–N with tert-alkyl or cyclic N) is 1. The Hall–Kier alpha value is -1.59. The molecule has 0 bridgehead atoms. The van der Waals surface area contributed by atoms with Gasteiger partial charge in [-0.15, -0.1) is 0 Å². The van der Waals surface area contributed by atoms with Gasteiger partial charge < -0.3 is 14.7 Å². The van der Waals surface area contributed by atoms with Gasteiger partial charge in [-0.3, -0.25) is 4.90 Å². The van der Waals surface area contributed by atoms with Crippen molar-refractivity contribution in [1.82, 2.24) is 9.80 Å². The van der Waals surface area contributed by atoms with E-state index in [4.69, 9.17) is 4.74 Å². The van der Waals surface area contributed by atoms with E-state index in [2.05, 4.69) is 30.9 Å². The van der Waals surface area contributed by atoms with Gasteiger partial charge in [0.25, 0.3) is 0 Å². The van der Waals surface area contributed by atoms with E-state index in [9.17, 15) is 9.90 Å². The molecule has 1 aromatic rings. The zero-order valence-corrected chi connectivity index (χ0v) is 16.8. The number of rotatable bonds is 4. The van der Waals surface area contributed by atoms with Crippen molar-refractivity contribution in [2.45, 2.75) is 65.3 Å². The lowest BCUT2D eigenvalue weighted by Gasteiger charge is -2.33. The lowest BCUT2D eigenvalue weighted by molar-refractivity contribution is 0.0171. The van der Waals surface area contributed by atoms with Crippen molar-refractivity contribution in [2.24, 2.45) is 5.92 Å². The average Bonchev–Trinajstić information content (AvgIpc) is 2.65. The summed E-state index contributed by atoms with van der Waals surface area (Å²) in [5.74, 6) is 0.508. The summed E-state index contributed by atoms with van der Waals surface area (Å²) in [6.45, 7) is 12.2. The van der Waals surface area contributed by atoms with Crippen molar-refractivity contribution in [3.8, 4) is 0 Å². The Balaban J connectivity index is 2.17. The molecular formula is C21H34N2O3. The Bertz CT molecular complexity index is 568. The predicted octanol–water partition coefficient (Wildman–Crippen LogP) is 3.51. The fourth-order valence-corrected chi connectivity index (χ4v) is 3.43. The van der Waals surface area contributed by atoms with Crippen LogP contribution in [0.1, 0.15) is 46.6 Å². The molecule has 2 atom stereocenters. The third-order valence-corrected chi connectivity index (χ3v) is 4.45. The van der Waals surface area contributed by atoms with Gasteiger partial charge in [-0.1, -0.05) is 44.2 Å². The molecule has 1 aliphatic heterocycles. The van der Waals surface area contributed by atoms with Crippen LogP contribution in [0.25, 0.3) is 0 Å². The molecule has 1 heterocycles. The molecule has 1 N–H and O–H groups in total. The summed E-state index contributed by atoms with van der Waals surface area (Å²) in [7, 11) is 0. The smallest absolute Gasteiger partial charge is 0.410 e. The second-order valence-corrected chi connectivity index (χ2v) is 8.74. The Labute approximate surface area is 157 Å². The molecule has 0 saturated carbocycles. The first-order valence-electron chi connectivity index (χ1n) is 9.58. The van der Waals surface area contributed by atoms with Crippen molar-refractivity contribution in [2.75, 3.05) is 19.6 Å². The van der Waals surface area contributed by atoms with Crippen LogP contribution in [0.4, 0.5) is 4.79 Å². The van der Waals surface area contributed by atoms with Crippen LogP contribution in [0.15, 0.2) is 30.3 Å². The van der Waals surface area contributed by atoms with Crippen LogP contribution in [-0.2, 0) is 11.3 Å². The highest BCUT2D eigenvalue weighted by molar-refractivity contribution is 5.68. The molecule has 0 spiro atoms. The second kappa shape index (κ2) is 8.87. The number of amides is 1. The van der Waals surface area contributed by atoms with E-state index in [1.807, 2.05) is 39.0 Å². The van der Waals surface area contributed by atoms with E-state index in [0.29, 0.717) is 25.6 Å². The summed E-state index contributed by atoms with van der Waals surface area (Å²) in [6.07, 6.45) is 0.0500. The molecule has 0 aromatic heterocycles. The fraction of sp³-hybridized carbons (Fsp3) is 0.667. The SMILES string of the molecule is CC(C)C[C@H]1CN(C(=O)OC(C)(C)C)CC(O)CN1Cc1ccccc1. The minimum absolute atomic E-state index is 0.194. The summed E-state index contributed by atoms with van der Waals surface area (Å²) < 4.78 is 5.55. The second-order valence-electron chi connectivity index (χ2n) is 8.74. The van der Waals surface area contributed by atoms with Gasteiger partial charge in [0, 0.05) is 25.7 Å². The monoisotopic (exact) mass is 362 g/mol. The van der Waals surface area contributed by atoms with Crippen molar-refractivity contribution in [3.63, 3.8) is 0 Å². The summed E-state index contributed by atoms with van der Waals surface area (Å²) in [5.41, 5.74) is 0.685. The molecule has 26 heavy (non-hydrogen) atoms. The number of hydrogen-bond donors (Lipinski definition) is 1. The maximum absolute atomic E-state index is 12.6. The largest absolute Gasteiger partial charge is 0.444 e. The molecule has 1 unspecified atom stereocenters. The number of aliphatic hydroxyl groups excluding tert-OH is 1. The molecule has 5 nitrogen and oxygen atoms in total. The van der Waals surface area contributed by atoms with Crippen LogP contribution in [0.5, 0.6) is 0 Å². The van der Waals surface area contributed by atoms with Crippen LogP contribution in [0.2, 0.25) is 0 Å². The summed E-state index contributed by atoms with van der Waals surface area (Å²) >= 11 is 0. The topological polar surface area (TPSA) is 53.0 Å². The molecule has 0 radical (unpaired) electrons. The molecular weight excluding hydrogens is 328 g/mol. The highest BCUT2D eigenvalue weighted by Gasteiger charge is 2.33. The first-order chi connectivity index (χ1) is 12.1. The van der Waals surface area contributed by atoms with Gasteiger partial charge in [0.15, 0.2) is 0 Å². The quantitative estimate of drug-likeness (QED) is 0.890. The Morgan fingerprint density at radius 3 is 2.42 bits per heavy atom. The van der Waals surface area contributed by atoms with E-state index in [1.54, 1.807) is 4.90 Å². The highest BCUT2D eigenvalue weighted by atomic mass is 16.6. The Kier molecular flexibility index (Phi) is 7.07. The van der Waals surface area contributed by atoms with Gasteiger partial charge in [0.2, 0.25) is 0 Å². The molecule has 5 heteroatoms. The number of carbonyl (C=O) groups is 1. The van der Waals surface area contributed by atoms with Crippen LogP contribution < -0.4 is 0 Å². The molecule has 2 rings (SSSR count). The molecule has 1 saturated heterocycles. The highest BCUT2D eigenvalue weighted by Crippen LogP contribution is 2.21. The van der Waals surface area contributed by atoms with Crippen molar-refractivity contribution in [1.29, 1.82) is 0 Å². The van der Waals surface area contributed by atoms with E-state index in [0.717, 1.165) is 13.0 Å². The van der Waals surface area contributed by atoms with Gasteiger partial charge in [0.05, 0.1) is 12.6 Å². The van der Waals surface area contributed by atoms with Gasteiger partial charge in [-0.25, -0.2) is 4.79 Å². The average molecular weight is 363 g/mol. The van der Waals surface area contributed by atoms with E-state index < -0.39 is 11.7 Å². The molecule has 146 valence electrons. The number of benzene rings is 1. The van der Waals surface area contributed by atoms with Crippen LogP contribution in [0.3, 0.4) is 0 Å². The molecule has 1 amide bonds. The van der Waals surface area contributed by atoms with Crippen molar-refractivity contribution < 1.29 is 14.6 Å². The summed E-state index contributed by atoms with van der Waals surface area (Å²) in [4.78, 5) is 16.6. The predicted molar refractivity (Wildman–Crippen MR) is 104 cm³/mol. The number of carbonyl (C=O) groups excluding carboxylic acids is 1. The van der Waals surface area contributed by atoms with E-state index >= 15 is 0 Å². The minimum atomic E-state index is -0.580. The third kappa shape index (κ3) is 6.61. The maximum Gasteiger partial charge on any atom is 0.410 e.